The third-order valence-corrected chi connectivity index (χ3v) is 4.02. The van der Waals surface area contributed by atoms with Crippen molar-refractivity contribution < 1.29 is 0 Å². The molecule has 0 atom stereocenters. The highest BCUT2D eigenvalue weighted by atomic mass is 32.1. The van der Waals surface area contributed by atoms with E-state index in [1.165, 1.54) is 27.5 Å². The van der Waals surface area contributed by atoms with Crippen LogP contribution in [0.25, 0.3) is 21.7 Å². The molecule has 1 heterocycles. The second-order valence-corrected chi connectivity index (χ2v) is 5.40. The van der Waals surface area contributed by atoms with Crippen LogP contribution in [-0.2, 0) is 0 Å². The number of nitrogens with zero attached hydrogens (tertiary/aromatic N) is 3. The third-order valence-electron chi connectivity index (χ3n) is 2.96. The fourth-order valence-corrected chi connectivity index (χ4v) is 2.64. The molecule has 0 aliphatic rings. The van der Waals surface area contributed by atoms with Crippen molar-refractivity contribution in [1.29, 1.82) is 0 Å². The van der Waals surface area contributed by atoms with E-state index in [1.54, 1.807) is 7.05 Å². The van der Waals surface area contributed by atoms with E-state index in [2.05, 4.69) is 46.6 Å². The Morgan fingerprint density at radius 1 is 0.850 bits per heavy atom. The van der Waals surface area contributed by atoms with Gasteiger partial charge in [0.25, 0.3) is 0 Å². The summed E-state index contributed by atoms with van der Waals surface area (Å²) in [5.74, 6) is 5.65. The van der Waals surface area contributed by atoms with Crippen molar-refractivity contribution in [3.63, 3.8) is 0 Å². The summed E-state index contributed by atoms with van der Waals surface area (Å²) in [5, 5.41) is 11.2. The Hall–Kier alpha value is -2.24. The first-order valence-corrected chi connectivity index (χ1v) is 7.03. The average Bonchev–Trinajstić information content (AvgIpc) is 2.98. The molecule has 2 N–H and O–H groups in total. The number of aromatic nitrogens is 2. The number of hydrogen-bond donors (Lipinski definition) is 1. The number of benzene rings is 2. The van der Waals surface area contributed by atoms with E-state index < -0.39 is 0 Å². The van der Waals surface area contributed by atoms with Crippen molar-refractivity contribution in [1.82, 2.24) is 10.2 Å². The molecule has 0 saturated heterocycles. The van der Waals surface area contributed by atoms with Crippen molar-refractivity contribution in [3.8, 4) is 21.7 Å². The van der Waals surface area contributed by atoms with Gasteiger partial charge >= 0.3 is 0 Å². The SMILES string of the molecule is CN(N)c1nnc(-c2ccc(-c3ccccc3)cc2)s1. The van der Waals surface area contributed by atoms with E-state index in [0.717, 1.165) is 10.6 Å². The maximum Gasteiger partial charge on any atom is 0.222 e. The number of rotatable bonds is 3. The van der Waals surface area contributed by atoms with E-state index in [9.17, 15) is 0 Å². The van der Waals surface area contributed by atoms with Crippen LogP contribution < -0.4 is 10.9 Å². The van der Waals surface area contributed by atoms with Crippen molar-refractivity contribution in [3.05, 3.63) is 54.6 Å². The molecule has 0 saturated carbocycles. The van der Waals surface area contributed by atoms with Gasteiger partial charge in [-0.05, 0) is 11.1 Å². The van der Waals surface area contributed by atoms with E-state index in [-0.39, 0.29) is 0 Å². The van der Waals surface area contributed by atoms with Crippen LogP contribution in [0.2, 0.25) is 0 Å². The Bertz CT molecular complexity index is 689. The standard InChI is InChI=1S/C15H14N4S/c1-19(16)15-18-17-14(20-15)13-9-7-12(8-10-13)11-5-3-2-4-6-11/h2-10H,16H2,1H3. The zero-order valence-corrected chi connectivity index (χ0v) is 11.8. The summed E-state index contributed by atoms with van der Waals surface area (Å²) in [5.41, 5.74) is 3.45. The molecule has 0 amide bonds. The highest BCUT2D eigenvalue weighted by molar-refractivity contribution is 7.18. The van der Waals surface area contributed by atoms with E-state index in [4.69, 9.17) is 5.84 Å². The topological polar surface area (TPSA) is 55.0 Å². The lowest BCUT2D eigenvalue weighted by Gasteiger charge is -2.04. The van der Waals surface area contributed by atoms with Crippen LogP contribution in [-0.4, -0.2) is 17.2 Å². The smallest absolute Gasteiger partial charge is 0.222 e. The second-order valence-electron chi connectivity index (χ2n) is 4.44. The summed E-state index contributed by atoms with van der Waals surface area (Å²) in [6.07, 6.45) is 0. The Labute approximate surface area is 121 Å². The van der Waals surface area contributed by atoms with Crippen molar-refractivity contribution in [2.24, 2.45) is 5.84 Å². The molecular formula is C15H14N4S. The predicted molar refractivity (Wildman–Crippen MR) is 83.4 cm³/mol. The highest BCUT2D eigenvalue weighted by Crippen LogP contribution is 2.29. The minimum Gasteiger partial charge on any atom is -0.288 e. The van der Waals surface area contributed by atoms with Crippen LogP contribution in [0.15, 0.2) is 54.6 Å². The molecule has 100 valence electrons. The molecule has 20 heavy (non-hydrogen) atoms. The number of hydrazine groups is 1. The summed E-state index contributed by atoms with van der Waals surface area (Å²) in [6, 6.07) is 18.6. The van der Waals surface area contributed by atoms with Gasteiger partial charge in [0.1, 0.15) is 5.01 Å². The fraction of sp³-hybridized carbons (Fsp3) is 0.0667. The molecule has 0 unspecified atom stereocenters. The van der Waals surface area contributed by atoms with Gasteiger partial charge in [0, 0.05) is 12.6 Å². The number of hydrogen-bond acceptors (Lipinski definition) is 5. The van der Waals surface area contributed by atoms with Gasteiger partial charge in [0.05, 0.1) is 0 Å². The molecule has 0 aliphatic carbocycles. The quantitative estimate of drug-likeness (QED) is 0.592. The predicted octanol–water partition coefficient (Wildman–Crippen LogP) is 3.18. The van der Waals surface area contributed by atoms with Crippen LogP contribution in [0, 0.1) is 0 Å². The molecule has 5 heteroatoms. The van der Waals surface area contributed by atoms with Gasteiger partial charge in [-0.3, -0.25) is 5.01 Å². The second kappa shape index (κ2) is 5.40. The first-order valence-electron chi connectivity index (χ1n) is 6.22. The lowest BCUT2D eigenvalue weighted by molar-refractivity contribution is 0.960. The van der Waals surface area contributed by atoms with Gasteiger partial charge in [-0.2, -0.15) is 0 Å². The summed E-state index contributed by atoms with van der Waals surface area (Å²) in [4.78, 5) is 0. The summed E-state index contributed by atoms with van der Waals surface area (Å²) >= 11 is 1.47. The molecule has 0 spiro atoms. The van der Waals surface area contributed by atoms with Crippen LogP contribution in [0.4, 0.5) is 5.13 Å². The van der Waals surface area contributed by atoms with Gasteiger partial charge in [-0.15, -0.1) is 10.2 Å². The van der Waals surface area contributed by atoms with Crippen LogP contribution >= 0.6 is 11.3 Å². The van der Waals surface area contributed by atoms with E-state index in [1.807, 2.05) is 18.2 Å². The largest absolute Gasteiger partial charge is 0.288 e. The molecule has 0 aliphatic heterocycles. The van der Waals surface area contributed by atoms with Gasteiger partial charge in [0.15, 0.2) is 0 Å². The Balaban J connectivity index is 1.89. The monoisotopic (exact) mass is 282 g/mol. The van der Waals surface area contributed by atoms with Crippen molar-refractivity contribution in [2.45, 2.75) is 0 Å². The maximum absolute atomic E-state index is 5.65. The maximum atomic E-state index is 5.65. The molecule has 4 nitrogen and oxygen atoms in total. The van der Waals surface area contributed by atoms with Crippen LogP contribution in [0.1, 0.15) is 0 Å². The van der Waals surface area contributed by atoms with Gasteiger partial charge in [0.2, 0.25) is 5.13 Å². The highest BCUT2D eigenvalue weighted by Gasteiger charge is 2.08. The average molecular weight is 282 g/mol. The molecule has 3 aromatic rings. The zero-order chi connectivity index (χ0) is 13.9. The molecular weight excluding hydrogens is 268 g/mol. The molecule has 3 rings (SSSR count). The summed E-state index contributed by atoms with van der Waals surface area (Å²) < 4.78 is 0. The molecule has 0 fully saturated rings. The Morgan fingerprint density at radius 3 is 2.05 bits per heavy atom. The van der Waals surface area contributed by atoms with Crippen molar-refractivity contribution in [2.75, 3.05) is 12.1 Å². The first kappa shape index (κ1) is 12.8. The fourth-order valence-electron chi connectivity index (χ4n) is 1.91. The van der Waals surface area contributed by atoms with Gasteiger partial charge in [-0.1, -0.05) is 65.9 Å². The van der Waals surface area contributed by atoms with Gasteiger partial charge < -0.3 is 0 Å². The van der Waals surface area contributed by atoms with Crippen molar-refractivity contribution >= 4 is 16.5 Å². The first-order chi connectivity index (χ1) is 9.74. The Morgan fingerprint density at radius 2 is 1.45 bits per heavy atom. The normalized spacial score (nSPS) is 10.5. The third kappa shape index (κ3) is 2.54. The molecule has 1 aromatic heterocycles. The lowest BCUT2D eigenvalue weighted by Crippen LogP contribution is -2.24. The van der Waals surface area contributed by atoms with Crippen LogP contribution in [0.3, 0.4) is 0 Å². The van der Waals surface area contributed by atoms with Crippen LogP contribution in [0.5, 0.6) is 0 Å². The van der Waals surface area contributed by atoms with E-state index in [0.29, 0.717) is 5.13 Å². The summed E-state index contributed by atoms with van der Waals surface area (Å²) in [7, 11) is 1.75. The minimum absolute atomic E-state index is 0.701. The minimum atomic E-state index is 0.701. The molecule has 0 bridgehead atoms. The number of anilines is 1. The Kier molecular flexibility index (Phi) is 3.45. The van der Waals surface area contributed by atoms with E-state index >= 15 is 0 Å². The molecule has 2 aromatic carbocycles. The summed E-state index contributed by atoms with van der Waals surface area (Å²) in [6.45, 7) is 0. The lowest BCUT2D eigenvalue weighted by atomic mass is 10.0. The van der Waals surface area contributed by atoms with Gasteiger partial charge in [-0.25, -0.2) is 5.84 Å². The molecule has 0 radical (unpaired) electrons. The zero-order valence-electron chi connectivity index (χ0n) is 11.0. The number of nitrogens with two attached hydrogens (primary N) is 1.